The van der Waals surface area contributed by atoms with Gasteiger partial charge in [-0.05, 0) is 43.7 Å². The molecule has 0 aromatic heterocycles. The van der Waals surface area contributed by atoms with Crippen LogP contribution in [0, 0.1) is 16.0 Å². The van der Waals surface area contributed by atoms with E-state index in [1.54, 1.807) is 6.07 Å². The van der Waals surface area contributed by atoms with E-state index in [1.165, 1.54) is 12.8 Å². The van der Waals surface area contributed by atoms with Crippen LogP contribution >= 0.6 is 15.9 Å². The molecule has 5 nitrogen and oxygen atoms in total. The van der Waals surface area contributed by atoms with Gasteiger partial charge in [-0.2, -0.15) is 0 Å². The van der Waals surface area contributed by atoms with Crippen LogP contribution in [0.1, 0.15) is 25.7 Å². The number of nitro benzene ring substituents is 1. The molecule has 0 bridgehead atoms. The van der Waals surface area contributed by atoms with Crippen molar-refractivity contribution in [3.63, 3.8) is 0 Å². The summed E-state index contributed by atoms with van der Waals surface area (Å²) in [5.74, 6) is 0.691. The van der Waals surface area contributed by atoms with Crippen molar-refractivity contribution in [2.24, 2.45) is 5.92 Å². The molecule has 1 aromatic carbocycles. The maximum absolute atomic E-state index is 11.4. The Kier molecular flexibility index (Phi) is 4.45. The van der Waals surface area contributed by atoms with Gasteiger partial charge in [0.2, 0.25) is 0 Å². The summed E-state index contributed by atoms with van der Waals surface area (Å²) in [6.07, 6.45) is 4.37. The Morgan fingerprint density at radius 1 is 1.29 bits per heavy atom. The van der Waals surface area contributed by atoms with E-state index in [1.807, 2.05) is 12.1 Å². The van der Waals surface area contributed by atoms with Gasteiger partial charge in [0.1, 0.15) is 5.69 Å². The van der Waals surface area contributed by atoms with Gasteiger partial charge in [-0.1, -0.05) is 15.9 Å². The SMILES string of the molecule is O=[N+]([O-])c1cc(Br)ccc1N(CC1CC1)C1CCOCC1. The molecule has 1 saturated carbocycles. The number of nitro groups is 1. The van der Waals surface area contributed by atoms with E-state index in [4.69, 9.17) is 4.74 Å². The number of hydrogen-bond acceptors (Lipinski definition) is 4. The number of halogens is 1. The van der Waals surface area contributed by atoms with Crippen LogP contribution in [-0.4, -0.2) is 30.7 Å². The third-order valence-electron chi connectivity index (χ3n) is 4.23. The van der Waals surface area contributed by atoms with Crippen LogP contribution in [0.4, 0.5) is 11.4 Å². The van der Waals surface area contributed by atoms with Gasteiger partial charge in [0.15, 0.2) is 0 Å². The average Bonchev–Trinajstić information content (AvgIpc) is 3.30. The molecule has 1 aromatic rings. The van der Waals surface area contributed by atoms with E-state index in [0.717, 1.165) is 42.8 Å². The molecule has 1 heterocycles. The van der Waals surface area contributed by atoms with Gasteiger partial charge in [-0.15, -0.1) is 0 Å². The fourth-order valence-corrected chi connectivity index (χ4v) is 3.25. The summed E-state index contributed by atoms with van der Waals surface area (Å²) < 4.78 is 6.18. The Balaban J connectivity index is 1.92. The van der Waals surface area contributed by atoms with Gasteiger partial charge in [-0.25, -0.2) is 0 Å². The lowest BCUT2D eigenvalue weighted by Crippen LogP contribution is -2.41. The van der Waals surface area contributed by atoms with E-state index in [-0.39, 0.29) is 10.6 Å². The monoisotopic (exact) mass is 354 g/mol. The maximum Gasteiger partial charge on any atom is 0.293 e. The number of anilines is 1. The highest BCUT2D eigenvalue weighted by molar-refractivity contribution is 9.10. The first kappa shape index (κ1) is 14.8. The Bertz CT molecular complexity index is 528. The molecule has 1 saturated heterocycles. The van der Waals surface area contributed by atoms with Gasteiger partial charge in [0, 0.05) is 36.3 Å². The quantitative estimate of drug-likeness (QED) is 0.596. The Morgan fingerprint density at radius 2 is 2.00 bits per heavy atom. The minimum absolute atomic E-state index is 0.191. The van der Waals surface area contributed by atoms with Crippen LogP contribution in [0.25, 0.3) is 0 Å². The predicted octanol–water partition coefficient (Wildman–Crippen LogP) is 3.75. The standard InChI is InChI=1S/C15H19BrN2O3/c16-12-3-4-14(15(9-12)18(19)20)17(10-11-1-2-11)13-5-7-21-8-6-13/h3-4,9,11,13H,1-2,5-8,10H2. The third-order valence-corrected chi connectivity index (χ3v) is 4.72. The molecule has 2 aliphatic rings. The van der Waals surface area contributed by atoms with Crippen molar-refractivity contribution in [2.45, 2.75) is 31.7 Å². The third kappa shape index (κ3) is 3.55. The van der Waals surface area contributed by atoms with Gasteiger partial charge in [-0.3, -0.25) is 10.1 Å². The molecule has 2 fully saturated rings. The Morgan fingerprint density at radius 3 is 2.62 bits per heavy atom. The predicted molar refractivity (Wildman–Crippen MR) is 84.7 cm³/mol. The van der Waals surface area contributed by atoms with Crippen LogP contribution in [0.2, 0.25) is 0 Å². The first-order valence-corrected chi connectivity index (χ1v) is 8.23. The molecule has 114 valence electrons. The van der Waals surface area contributed by atoms with E-state index in [0.29, 0.717) is 12.0 Å². The molecule has 0 N–H and O–H groups in total. The minimum atomic E-state index is -0.278. The molecule has 0 radical (unpaired) electrons. The van der Waals surface area contributed by atoms with Gasteiger partial charge >= 0.3 is 0 Å². The van der Waals surface area contributed by atoms with Crippen molar-refractivity contribution in [1.82, 2.24) is 0 Å². The molecule has 0 unspecified atom stereocenters. The lowest BCUT2D eigenvalue weighted by molar-refractivity contribution is -0.384. The molecule has 6 heteroatoms. The molecule has 1 aliphatic carbocycles. The highest BCUT2D eigenvalue weighted by Crippen LogP contribution is 2.38. The summed E-state index contributed by atoms with van der Waals surface area (Å²) in [5.41, 5.74) is 0.943. The summed E-state index contributed by atoms with van der Waals surface area (Å²) in [7, 11) is 0. The van der Waals surface area contributed by atoms with Crippen LogP contribution in [0.15, 0.2) is 22.7 Å². The molecular weight excluding hydrogens is 336 g/mol. The van der Waals surface area contributed by atoms with Crippen molar-refractivity contribution in [2.75, 3.05) is 24.7 Å². The zero-order valence-electron chi connectivity index (χ0n) is 11.8. The summed E-state index contributed by atoms with van der Waals surface area (Å²) in [6, 6.07) is 5.72. The van der Waals surface area contributed by atoms with Crippen molar-refractivity contribution < 1.29 is 9.66 Å². The van der Waals surface area contributed by atoms with E-state index < -0.39 is 0 Å². The summed E-state index contributed by atoms with van der Waals surface area (Å²) in [5, 5.41) is 11.4. The number of hydrogen-bond donors (Lipinski definition) is 0. The summed E-state index contributed by atoms with van der Waals surface area (Å²) in [6.45, 7) is 2.42. The maximum atomic E-state index is 11.4. The molecule has 21 heavy (non-hydrogen) atoms. The van der Waals surface area contributed by atoms with Crippen LogP contribution in [0.3, 0.4) is 0 Å². The average molecular weight is 355 g/mol. The highest BCUT2D eigenvalue weighted by Gasteiger charge is 2.32. The molecule has 0 spiro atoms. The molecule has 1 aliphatic heterocycles. The van der Waals surface area contributed by atoms with Gasteiger partial charge in [0.25, 0.3) is 5.69 Å². The number of ether oxygens (including phenoxy) is 1. The van der Waals surface area contributed by atoms with Crippen molar-refractivity contribution in [3.8, 4) is 0 Å². The van der Waals surface area contributed by atoms with E-state index >= 15 is 0 Å². The van der Waals surface area contributed by atoms with Crippen LogP contribution < -0.4 is 4.90 Å². The van der Waals surface area contributed by atoms with Crippen molar-refractivity contribution in [3.05, 3.63) is 32.8 Å². The number of nitrogens with zero attached hydrogens (tertiary/aromatic N) is 2. The largest absolute Gasteiger partial charge is 0.381 e. The lowest BCUT2D eigenvalue weighted by Gasteiger charge is -2.36. The van der Waals surface area contributed by atoms with Crippen LogP contribution in [0.5, 0.6) is 0 Å². The summed E-state index contributed by atoms with van der Waals surface area (Å²) in [4.78, 5) is 13.4. The minimum Gasteiger partial charge on any atom is -0.381 e. The fraction of sp³-hybridized carbons (Fsp3) is 0.600. The normalized spacial score (nSPS) is 19.5. The second kappa shape index (κ2) is 6.32. The second-order valence-corrected chi connectivity index (χ2v) is 6.75. The smallest absolute Gasteiger partial charge is 0.293 e. The molecule has 0 amide bonds. The molecular formula is C15H19BrN2O3. The lowest BCUT2D eigenvalue weighted by atomic mass is 10.0. The fourth-order valence-electron chi connectivity index (χ4n) is 2.91. The molecule has 3 rings (SSSR count). The first-order chi connectivity index (χ1) is 10.1. The zero-order valence-corrected chi connectivity index (χ0v) is 13.4. The zero-order chi connectivity index (χ0) is 14.8. The van der Waals surface area contributed by atoms with Crippen molar-refractivity contribution in [1.29, 1.82) is 0 Å². The van der Waals surface area contributed by atoms with E-state index in [2.05, 4.69) is 20.8 Å². The Labute approximate surface area is 132 Å². The van der Waals surface area contributed by atoms with E-state index in [9.17, 15) is 10.1 Å². The van der Waals surface area contributed by atoms with Gasteiger partial charge < -0.3 is 9.64 Å². The Hall–Kier alpha value is -1.14. The van der Waals surface area contributed by atoms with Gasteiger partial charge in [0.05, 0.1) is 4.92 Å². The second-order valence-electron chi connectivity index (χ2n) is 5.83. The van der Waals surface area contributed by atoms with Crippen molar-refractivity contribution >= 4 is 27.3 Å². The number of benzene rings is 1. The van der Waals surface area contributed by atoms with Crippen LogP contribution in [-0.2, 0) is 4.74 Å². The highest BCUT2D eigenvalue weighted by atomic mass is 79.9. The topological polar surface area (TPSA) is 55.6 Å². The first-order valence-electron chi connectivity index (χ1n) is 7.43. The number of rotatable bonds is 5. The summed E-state index contributed by atoms with van der Waals surface area (Å²) >= 11 is 3.33. The molecule has 0 atom stereocenters.